The first-order valence-corrected chi connectivity index (χ1v) is 2.84. The Balaban J connectivity index is 2.87. The van der Waals surface area contributed by atoms with Crippen LogP contribution in [-0.4, -0.2) is 14.6 Å². The van der Waals surface area contributed by atoms with Crippen LogP contribution in [0.2, 0.25) is 0 Å². The van der Waals surface area contributed by atoms with Crippen molar-refractivity contribution < 1.29 is 1.37 Å². The van der Waals surface area contributed by atoms with Gasteiger partial charge in [0.2, 0.25) is 5.95 Å². The fourth-order valence-electron chi connectivity index (χ4n) is 0.783. The van der Waals surface area contributed by atoms with Gasteiger partial charge in [-0.15, -0.1) is 5.10 Å². The summed E-state index contributed by atoms with van der Waals surface area (Å²) in [5, 5.41) is 3.83. The minimum absolute atomic E-state index is 0.183. The molecule has 0 atom stereocenters. The SMILES string of the molecule is [2H]c1ccc2cnc(N)nn12. The minimum atomic E-state index is 0.183. The van der Waals surface area contributed by atoms with E-state index in [2.05, 4.69) is 10.1 Å². The van der Waals surface area contributed by atoms with Crippen molar-refractivity contribution in [3.63, 3.8) is 0 Å². The summed E-state index contributed by atoms with van der Waals surface area (Å²) in [7, 11) is 0. The fraction of sp³-hybridized carbons (Fsp3) is 0. The Morgan fingerprint density at radius 2 is 2.60 bits per heavy atom. The number of nitrogen functional groups attached to an aromatic ring is 1. The van der Waals surface area contributed by atoms with Crippen molar-refractivity contribution in [2.45, 2.75) is 0 Å². The molecule has 0 aromatic carbocycles. The fourth-order valence-corrected chi connectivity index (χ4v) is 0.783. The summed E-state index contributed by atoms with van der Waals surface area (Å²) >= 11 is 0. The normalized spacial score (nSPS) is 11.8. The smallest absolute Gasteiger partial charge is 0.238 e. The summed E-state index contributed by atoms with van der Waals surface area (Å²) < 4.78 is 8.79. The molecule has 10 heavy (non-hydrogen) atoms. The molecule has 0 radical (unpaired) electrons. The Labute approximate surface area is 58.7 Å². The van der Waals surface area contributed by atoms with Crippen LogP contribution in [0, 0.1) is 0 Å². The number of fused-ring (bicyclic) bond motifs is 1. The maximum absolute atomic E-state index is 7.36. The van der Waals surface area contributed by atoms with Crippen molar-refractivity contribution in [1.82, 2.24) is 14.6 Å². The lowest BCUT2D eigenvalue weighted by Gasteiger charge is -1.92. The van der Waals surface area contributed by atoms with E-state index in [4.69, 9.17) is 7.10 Å². The number of nitrogens with two attached hydrogens (primary N) is 1. The first-order valence-electron chi connectivity index (χ1n) is 3.34. The van der Waals surface area contributed by atoms with E-state index in [1.165, 1.54) is 4.52 Å². The van der Waals surface area contributed by atoms with Crippen LogP contribution in [0.5, 0.6) is 0 Å². The molecule has 0 saturated carbocycles. The predicted octanol–water partition coefficient (Wildman–Crippen LogP) is 0.311. The molecule has 0 aliphatic heterocycles. The van der Waals surface area contributed by atoms with Crippen LogP contribution in [0.15, 0.2) is 24.5 Å². The minimum Gasteiger partial charge on any atom is -0.367 e. The molecule has 0 aliphatic carbocycles. The van der Waals surface area contributed by atoms with E-state index in [9.17, 15) is 0 Å². The number of rotatable bonds is 0. The molecule has 4 nitrogen and oxygen atoms in total. The van der Waals surface area contributed by atoms with Gasteiger partial charge in [0.25, 0.3) is 0 Å². The predicted molar refractivity (Wildman–Crippen MR) is 37.4 cm³/mol. The van der Waals surface area contributed by atoms with E-state index in [1.54, 1.807) is 18.3 Å². The lowest BCUT2D eigenvalue weighted by molar-refractivity contribution is 0.917. The lowest BCUT2D eigenvalue weighted by atomic mass is 10.5. The highest BCUT2D eigenvalue weighted by Gasteiger charge is 1.91. The number of hydrogen-bond donors (Lipinski definition) is 1. The van der Waals surface area contributed by atoms with Crippen molar-refractivity contribution in [1.29, 1.82) is 0 Å². The monoisotopic (exact) mass is 135 g/mol. The largest absolute Gasteiger partial charge is 0.367 e. The molecule has 2 aromatic rings. The highest BCUT2D eigenvalue weighted by atomic mass is 15.3. The van der Waals surface area contributed by atoms with Gasteiger partial charge in [-0.2, -0.15) is 0 Å². The van der Waals surface area contributed by atoms with Gasteiger partial charge in [-0.05, 0) is 12.1 Å². The molecule has 0 amide bonds. The van der Waals surface area contributed by atoms with E-state index in [0.717, 1.165) is 5.52 Å². The molecule has 0 spiro atoms. The standard InChI is InChI=1S/C6H6N4/c7-6-8-4-5-2-1-3-10(5)9-6/h1-4H,(H2,7,9)/i3D. The molecule has 0 unspecified atom stereocenters. The van der Waals surface area contributed by atoms with Gasteiger partial charge in [0, 0.05) is 6.17 Å². The zero-order valence-electron chi connectivity index (χ0n) is 6.15. The zero-order chi connectivity index (χ0) is 7.84. The molecule has 50 valence electrons. The van der Waals surface area contributed by atoms with Gasteiger partial charge in [-0.3, -0.25) is 0 Å². The molecule has 4 heteroatoms. The Morgan fingerprint density at radius 1 is 1.70 bits per heavy atom. The second-order valence-electron chi connectivity index (χ2n) is 1.92. The van der Waals surface area contributed by atoms with Crippen LogP contribution in [0.3, 0.4) is 0 Å². The molecule has 0 fully saturated rings. The van der Waals surface area contributed by atoms with Crippen molar-refractivity contribution in [3.05, 3.63) is 24.5 Å². The van der Waals surface area contributed by atoms with Gasteiger partial charge in [0.05, 0.1) is 13.1 Å². The third kappa shape index (κ3) is 0.621. The Kier molecular flexibility index (Phi) is 0.725. The van der Waals surface area contributed by atoms with Crippen LogP contribution in [0.1, 0.15) is 1.37 Å². The van der Waals surface area contributed by atoms with Crippen molar-refractivity contribution in [2.75, 3.05) is 5.73 Å². The summed E-state index contributed by atoms with van der Waals surface area (Å²) in [6.07, 6.45) is 1.90. The lowest BCUT2D eigenvalue weighted by Crippen LogP contribution is -1.98. The zero-order valence-corrected chi connectivity index (χ0v) is 5.15. The molecule has 0 saturated heterocycles. The highest BCUT2D eigenvalue weighted by molar-refractivity contribution is 5.44. The highest BCUT2D eigenvalue weighted by Crippen LogP contribution is 2.00. The van der Waals surface area contributed by atoms with Crippen molar-refractivity contribution in [2.24, 2.45) is 0 Å². The van der Waals surface area contributed by atoms with Gasteiger partial charge < -0.3 is 5.73 Å². The van der Waals surface area contributed by atoms with Crippen LogP contribution in [-0.2, 0) is 0 Å². The van der Waals surface area contributed by atoms with Gasteiger partial charge >= 0.3 is 0 Å². The average molecular weight is 135 g/mol. The number of hydrogen-bond acceptors (Lipinski definition) is 3. The molecule has 2 aromatic heterocycles. The summed E-state index contributed by atoms with van der Waals surface area (Å²) in [5.41, 5.74) is 6.11. The number of aromatic nitrogens is 3. The molecule has 0 aliphatic rings. The van der Waals surface area contributed by atoms with E-state index in [1.807, 2.05) is 0 Å². The molecule has 2 rings (SSSR count). The van der Waals surface area contributed by atoms with Crippen molar-refractivity contribution in [3.8, 4) is 0 Å². The van der Waals surface area contributed by atoms with Gasteiger partial charge in [0.15, 0.2) is 0 Å². The van der Waals surface area contributed by atoms with Gasteiger partial charge in [-0.1, -0.05) is 0 Å². The number of anilines is 1. The molecular formula is C6H6N4. The summed E-state index contributed by atoms with van der Waals surface area (Å²) in [6, 6.07) is 3.41. The Morgan fingerprint density at radius 3 is 3.50 bits per heavy atom. The Bertz CT molecular complexity index is 394. The summed E-state index contributed by atoms with van der Waals surface area (Å²) in [6.45, 7) is 0. The third-order valence-corrected chi connectivity index (χ3v) is 1.23. The summed E-state index contributed by atoms with van der Waals surface area (Å²) in [5.74, 6) is 0.183. The topological polar surface area (TPSA) is 56.2 Å². The van der Waals surface area contributed by atoms with Crippen LogP contribution >= 0.6 is 0 Å². The Hall–Kier alpha value is -1.58. The van der Waals surface area contributed by atoms with E-state index in [-0.39, 0.29) is 5.95 Å². The van der Waals surface area contributed by atoms with Gasteiger partial charge in [0.1, 0.15) is 0 Å². The van der Waals surface area contributed by atoms with E-state index in [0.29, 0.717) is 6.17 Å². The summed E-state index contributed by atoms with van der Waals surface area (Å²) in [4.78, 5) is 3.78. The molecular weight excluding hydrogens is 128 g/mol. The van der Waals surface area contributed by atoms with Crippen molar-refractivity contribution >= 4 is 11.5 Å². The number of nitrogens with zero attached hydrogens (tertiary/aromatic N) is 3. The third-order valence-electron chi connectivity index (χ3n) is 1.23. The van der Waals surface area contributed by atoms with E-state index < -0.39 is 0 Å². The maximum atomic E-state index is 7.36. The second kappa shape index (κ2) is 1.70. The van der Waals surface area contributed by atoms with Crippen LogP contribution in [0.25, 0.3) is 5.52 Å². The first-order chi connectivity index (χ1) is 5.27. The van der Waals surface area contributed by atoms with Crippen LogP contribution < -0.4 is 5.73 Å². The molecule has 0 bridgehead atoms. The quantitative estimate of drug-likeness (QED) is 0.565. The maximum Gasteiger partial charge on any atom is 0.238 e. The second-order valence-corrected chi connectivity index (χ2v) is 1.92. The van der Waals surface area contributed by atoms with E-state index >= 15 is 0 Å². The van der Waals surface area contributed by atoms with Gasteiger partial charge in [-0.25, -0.2) is 9.50 Å². The average Bonchev–Trinajstić information content (AvgIpc) is 2.33. The van der Waals surface area contributed by atoms with Crippen LogP contribution in [0.4, 0.5) is 5.95 Å². The molecule has 2 heterocycles. The first kappa shape index (κ1) is 4.27. The molecule has 2 N–H and O–H groups in total.